The Hall–Kier alpha value is -2.64. The van der Waals surface area contributed by atoms with Gasteiger partial charge in [-0.2, -0.15) is 0 Å². The maximum absolute atomic E-state index is 12.3. The summed E-state index contributed by atoms with van der Waals surface area (Å²) in [5.41, 5.74) is 0.420. The highest BCUT2D eigenvalue weighted by Gasteiger charge is 2.49. The molecule has 150 valence electrons. The van der Waals surface area contributed by atoms with Crippen LogP contribution in [0.2, 0.25) is 0 Å². The Balaban J connectivity index is 1.85. The molecular formula is C21H26N2O5. The van der Waals surface area contributed by atoms with Crippen LogP contribution in [0.15, 0.2) is 42.6 Å². The number of hydrogen-bond donors (Lipinski definition) is 2. The van der Waals surface area contributed by atoms with Crippen molar-refractivity contribution >= 4 is 5.97 Å². The van der Waals surface area contributed by atoms with Crippen molar-refractivity contribution in [2.45, 2.75) is 25.5 Å². The van der Waals surface area contributed by atoms with Gasteiger partial charge in [0.2, 0.25) is 5.88 Å². The second-order valence-electron chi connectivity index (χ2n) is 7.18. The van der Waals surface area contributed by atoms with E-state index < -0.39 is 17.5 Å². The summed E-state index contributed by atoms with van der Waals surface area (Å²) in [4.78, 5) is 18.6. The largest absolute Gasteiger partial charge is 0.497 e. The van der Waals surface area contributed by atoms with Crippen LogP contribution in [0.4, 0.5) is 0 Å². The smallest absolute Gasteiger partial charge is 0.313 e. The first-order valence-corrected chi connectivity index (χ1v) is 9.23. The van der Waals surface area contributed by atoms with E-state index in [0.29, 0.717) is 31.1 Å². The lowest BCUT2D eigenvalue weighted by Crippen LogP contribution is -2.56. The van der Waals surface area contributed by atoms with Crippen molar-refractivity contribution in [1.29, 1.82) is 0 Å². The van der Waals surface area contributed by atoms with Gasteiger partial charge in [0.15, 0.2) is 0 Å². The average molecular weight is 386 g/mol. The fraction of sp³-hybridized carbons (Fsp3) is 0.429. The van der Waals surface area contributed by atoms with Crippen LogP contribution in [0.3, 0.4) is 0 Å². The molecule has 28 heavy (non-hydrogen) atoms. The lowest BCUT2D eigenvalue weighted by Gasteiger charge is -2.43. The van der Waals surface area contributed by atoms with E-state index in [9.17, 15) is 15.0 Å². The zero-order valence-electron chi connectivity index (χ0n) is 16.2. The summed E-state index contributed by atoms with van der Waals surface area (Å²) in [7, 11) is 3.14. The predicted octanol–water partition coefficient (Wildman–Crippen LogP) is 1.98. The van der Waals surface area contributed by atoms with Crippen LogP contribution in [-0.2, 0) is 17.8 Å². The molecule has 2 aromatic rings. The molecule has 7 nitrogen and oxygen atoms in total. The summed E-state index contributed by atoms with van der Waals surface area (Å²) >= 11 is 0. The maximum atomic E-state index is 12.3. The molecular weight excluding hydrogens is 360 g/mol. The van der Waals surface area contributed by atoms with Crippen LogP contribution < -0.4 is 9.47 Å². The van der Waals surface area contributed by atoms with Gasteiger partial charge in [-0.25, -0.2) is 4.98 Å². The van der Waals surface area contributed by atoms with Gasteiger partial charge < -0.3 is 19.7 Å². The van der Waals surface area contributed by atoms with Crippen LogP contribution in [0.5, 0.6) is 11.6 Å². The first-order chi connectivity index (χ1) is 13.5. The molecule has 0 radical (unpaired) electrons. The van der Waals surface area contributed by atoms with Crippen LogP contribution in [-0.4, -0.2) is 59.5 Å². The molecule has 0 aliphatic carbocycles. The van der Waals surface area contributed by atoms with Gasteiger partial charge in [-0.3, -0.25) is 9.69 Å². The molecule has 1 aromatic heterocycles. The molecule has 0 amide bonds. The maximum Gasteiger partial charge on any atom is 0.313 e. The third-order valence-electron chi connectivity index (χ3n) is 5.38. The Labute approximate surface area is 164 Å². The number of aliphatic hydroxyl groups is 1. The van der Waals surface area contributed by atoms with Gasteiger partial charge in [0.25, 0.3) is 0 Å². The first kappa shape index (κ1) is 20.1. The van der Waals surface area contributed by atoms with E-state index in [0.717, 1.165) is 11.1 Å². The Bertz CT molecular complexity index is 828. The van der Waals surface area contributed by atoms with Crippen molar-refractivity contribution in [2.24, 2.45) is 5.41 Å². The fourth-order valence-corrected chi connectivity index (χ4v) is 3.87. The van der Waals surface area contributed by atoms with E-state index in [1.807, 2.05) is 41.3 Å². The highest BCUT2D eigenvalue weighted by molar-refractivity contribution is 5.76. The number of aromatic nitrogens is 1. The number of rotatable bonds is 7. The summed E-state index contributed by atoms with van der Waals surface area (Å²) in [6.45, 7) is 1.35. The second-order valence-corrected chi connectivity index (χ2v) is 7.18. The number of ether oxygens (including phenoxy) is 2. The van der Waals surface area contributed by atoms with Crippen LogP contribution in [0.25, 0.3) is 0 Å². The summed E-state index contributed by atoms with van der Waals surface area (Å²) in [5.74, 6) is 0.202. The van der Waals surface area contributed by atoms with Gasteiger partial charge in [-0.1, -0.05) is 18.2 Å². The Kier molecular flexibility index (Phi) is 6.16. The standard InChI is InChI=1S/C21H26N2O5/c1-27-17-7-3-5-15(11-17)12-21(20(25)26)14-23(10-8-18(21)24)13-16-6-4-9-22-19(16)28-2/h3-7,9,11,18,24H,8,10,12-14H2,1-2H3,(H,25,26)/t18-,21-/m1/s1. The van der Waals surface area contributed by atoms with Crippen molar-refractivity contribution in [1.82, 2.24) is 9.88 Å². The molecule has 1 aromatic carbocycles. The number of carboxylic acid groups (broad SMARTS) is 1. The summed E-state index contributed by atoms with van der Waals surface area (Å²) in [6, 6.07) is 11.1. The topological polar surface area (TPSA) is 92.1 Å². The van der Waals surface area contributed by atoms with Gasteiger partial charge >= 0.3 is 5.97 Å². The first-order valence-electron chi connectivity index (χ1n) is 9.23. The number of carboxylic acids is 1. The molecule has 1 aliphatic heterocycles. The summed E-state index contributed by atoms with van der Waals surface area (Å²) < 4.78 is 10.6. The fourth-order valence-electron chi connectivity index (χ4n) is 3.87. The van der Waals surface area contributed by atoms with E-state index in [-0.39, 0.29) is 13.0 Å². The van der Waals surface area contributed by atoms with E-state index in [4.69, 9.17) is 9.47 Å². The molecule has 1 saturated heterocycles. The quantitative estimate of drug-likeness (QED) is 0.752. The zero-order chi connectivity index (χ0) is 20.1. The Morgan fingerprint density at radius 1 is 1.29 bits per heavy atom. The lowest BCUT2D eigenvalue weighted by atomic mass is 9.72. The van der Waals surface area contributed by atoms with Crippen molar-refractivity contribution in [3.05, 3.63) is 53.7 Å². The molecule has 1 aliphatic rings. The van der Waals surface area contributed by atoms with Gasteiger partial charge in [0.1, 0.15) is 11.2 Å². The van der Waals surface area contributed by atoms with Gasteiger partial charge in [-0.05, 0) is 36.6 Å². The lowest BCUT2D eigenvalue weighted by molar-refractivity contribution is -0.163. The minimum atomic E-state index is -1.29. The number of nitrogens with zero attached hydrogens (tertiary/aromatic N) is 2. The number of carbonyl (C=O) groups is 1. The predicted molar refractivity (Wildman–Crippen MR) is 103 cm³/mol. The average Bonchev–Trinajstić information content (AvgIpc) is 2.71. The third-order valence-corrected chi connectivity index (χ3v) is 5.38. The van der Waals surface area contributed by atoms with E-state index in [1.165, 1.54) is 0 Å². The molecule has 3 rings (SSSR count). The number of aliphatic hydroxyl groups excluding tert-OH is 1. The van der Waals surface area contributed by atoms with Crippen molar-refractivity contribution in [3.8, 4) is 11.6 Å². The SMILES string of the molecule is COc1cccc(C[C@@]2(C(=O)O)CN(Cc3cccnc3OC)CC[C@H]2O)c1. The zero-order valence-corrected chi connectivity index (χ0v) is 16.2. The molecule has 7 heteroatoms. The number of pyridine rings is 1. The molecule has 2 atom stereocenters. The summed E-state index contributed by atoms with van der Waals surface area (Å²) in [6.07, 6.45) is 1.34. The number of likely N-dealkylation sites (tertiary alicyclic amines) is 1. The summed E-state index contributed by atoms with van der Waals surface area (Å²) in [5, 5.41) is 20.8. The monoisotopic (exact) mass is 386 g/mol. The highest BCUT2D eigenvalue weighted by atomic mass is 16.5. The Morgan fingerprint density at radius 3 is 2.82 bits per heavy atom. The van der Waals surface area contributed by atoms with Gasteiger partial charge in [-0.15, -0.1) is 0 Å². The minimum absolute atomic E-state index is 0.224. The molecule has 2 N–H and O–H groups in total. The highest BCUT2D eigenvalue weighted by Crippen LogP contribution is 2.36. The van der Waals surface area contributed by atoms with E-state index in [1.54, 1.807) is 20.4 Å². The normalized spacial score (nSPS) is 22.6. The number of piperidine rings is 1. The van der Waals surface area contributed by atoms with E-state index in [2.05, 4.69) is 4.98 Å². The Morgan fingerprint density at radius 2 is 2.11 bits per heavy atom. The van der Waals surface area contributed by atoms with E-state index >= 15 is 0 Å². The van der Waals surface area contributed by atoms with Crippen LogP contribution in [0.1, 0.15) is 17.5 Å². The van der Waals surface area contributed by atoms with Gasteiger partial charge in [0, 0.05) is 31.4 Å². The number of hydrogen-bond acceptors (Lipinski definition) is 6. The van der Waals surface area contributed by atoms with Gasteiger partial charge in [0.05, 0.1) is 20.3 Å². The van der Waals surface area contributed by atoms with Crippen molar-refractivity contribution in [3.63, 3.8) is 0 Å². The molecule has 1 fully saturated rings. The van der Waals surface area contributed by atoms with Crippen LogP contribution in [0, 0.1) is 5.41 Å². The molecule has 0 spiro atoms. The number of methoxy groups -OCH3 is 2. The molecule has 0 saturated carbocycles. The van der Waals surface area contributed by atoms with Crippen molar-refractivity contribution < 1.29 is 24.5 Å². The number of aliphatic carboxylic acids is 1. The molecule has 2 heterocycles. The van der Waals surface area contributed by atoms with Crippen LogP contribution >= 0.6 is 0 Å². The number of benzene rings is 1. The third kappa shape index (κ3) is 4.10. The second kappa shape index (κ2) is 8.58. The molecule has 0 bridgehead atoms. The molecule has 0 unspecified atom stereocenters. The van der Waals surface area contributed by atoms with Crippen molar-refractivity contribution in [2.75, 3.05) is 27.3 Å². The minimum Gasteiger partial charge on any atom is -0.497 e.